The van der Waals surface area contributed by atoms with Gasteiger partial charge >= 0.3 is 0 Å². The van der Waals surface area contributed by atoms with E-state index in [0.29, 0.717) is 5.41 Å². The van der Waals surface area contributed by atoms with Crippen LogP contribution in [0.1, 0.15) is 62.6 Å². The monoisotopic (exact) mass is 657 g/mol. The van der Waals surface area contributed by atoms with E-state index in [9.17, 15) is 0 Å². The molecule has 1 nitrogen and oxygen atoms in total. The minimum atomic E-state index is -0.156. The van der Waals surface area contributed by atoms with Gasteiger partial charge in [-0.05, 0) is 123 Å². The van der Waals surface area contributed by atoms with Gasteiger partial charge in [-0.2, -0.15) is 0 Å². The molecule has 0 aromatic heterocycles. The number of anilines is 3. The van der Waals surface area contributed by atoms with Crippen molar-refractivity contribution in [3.05, 3.63) is 174 Å². The molecule has 10 rings (SSSR count). The Morgan fingerprint density at radius 3 is 1.86 bits per heavy atom. The fourth-order valence-corrected chi connectivity index (χ4v) is 10.3. The minimum Gasteiger partial charge on any atom is -0.310 e. The highest BCUT2D eigenvalue weighted by atomic mass is 15.1. The van der Waals surface area contributed by atoms with Gasteiger partial charge in [0.15, 0.2) is 0 Å². The summed E-state index contributed by atoms with van der Waals surface area (Å²) in [5.41, 5.74) is 15.9. The predicted molar refractivity (Wildman–Crippen MR) is 215 cm³/mol. The molecule has 51 heavy (non-hydrogen) atoms. The number of hydrogen-bond acceptors (Lipinski definition) is 1. The lowest BCUT2D eigenvalue weighted by Gasteiger charge is -2.34. The van der Waals surface area contributed by atoms with Gasteiger partial charge in [-0.25, -0.2) is 0 Å². The Morgan fingerprint density at radius 2 is 1.12 bits per heavy atom. The van der Waals surface area contributed by atoms with Gasteiger partial charge in [-0.1, -0.05) is 147 Å². The zero-order valence-corrected chi connectivity index (χ0v) is 29.6. The highest BCUT2D eigenvalue weighted by molar-refractivity contribution is 6.09. The van der Waals surface area contributed by atoms with Crippen molar-refractivity contribution < 1.29 is 0 Å². The van der Waals surface area contributed by atoms with Crippen molar-refractivity contribution >= 4 is 27.8 Å². The van der Waals surface area contributed by atoms with E-state index in [1.54, 1.807) is 0 Å². The summed E-state index contributed by atoms with van der Waals surface area (Å²) < 4.78 is 0. The van der Waals surface area contributed by atoms with Gasteiger partial charge in [0.25, 0.3) is 0 Å². The van der Waals surface area contributed by atoms with Crippen molar-refractivity contribution in [2.24, 2.45) is 5.92 Å². The molecule has 0 saturated heterocycles. The topological polar surface area (TPSA) is 3.24 Å². The van der Waals surface area contributed by atoms with E-state index in [-0.39, 0.29) is 5.41 Å². The van der Waals surface area contributed by atoms with E-state index in [1.165, 1.54) is 110 Å². The van der Waals surface area contributed by atoms with Crippen molar-refractivity contribution in [2.45, 2.75) is 56.8 Å². The summed E-state index contributed by atoms with van der Waals surface area (Å²) in [5, 5.41) is 2.54. The Kier molecular flexibility index (Phi) is 6.90. The average Bonchev–Trinajstić information content (AvgIpc) is 3.87. The van der Waals surface area contributed by atoms with Crippen molar-refractivity contribution in [3.8, 4) is 33.4 Å². The zero-order valence-electron chi connectivity index (χ0n) is 29.6. The van der Waals surface area contributed by atoms with Crippen molar-refractivity contribution in [2.75, 3.05) is 4.90 Å². The van der Waals surface area contributed by atoms with Gasteiger partial charge in [0.05, 0.1) is 11.4 Å². The first-order chi connectivity index (χ1) is 25.0. The first-order valence-corrected chi connectivity index (χ1v) is 18.8. The summed E-state index contributed by atoms with van der Waals surface area (Å²) in [7, 11) is 0. The van der Waals surface area contributed by atoms with Gasteiger partial charge in [-0.3, -0.25) is 0 Å². The van der Waals surface area contributed by atoms with E-state index in [4.69, 9.17) is 0 Å². The van der Waals surface area contributed by atoms with E-state index in [0.717, 1.165) is 5.92 Å². The zero-order chi connectivity index (χ0) is 34.2. The molecule has 0 unspecified atom stereocenters. The van der Waals surface area contributed by atoms with E-state index in [2.05, 4.69) is 176 Å². The molecule has 0 aliphatic heterocycles. The summed E-state index contributed by atoms with van der Waals surface area (Å²) in [6.45, 7) is 4.81. The highest BCUT2D eigenvalue weighted by Gasteiger charge is 2.46. The van der Waals surface area contributed by atoms with Crippen LogP contribution in [-0.2, 0) is 10.8 Å². The first-order valence-electron chi connectivity index (χ1n) is 18.8. The van der Waals surface area contributed by atoms with Gasteiger partial charge < -0.3 is 4.90 Å². The number of para-hydroxylation sites is 1. The fourth-order valence-electron chi connectivity index (χ4n) is 10.3. The second-order valence-electron chi connectivity index (χ2n) is 15.8. The molecule has 0 atom stereocenters. The van der Waals surface area contributed by atoms with Gasteiger partial charge in [0.2, 0.25) is 0 Å². The molecular weight excluding hydrogens is 615 g/mol. The largest absolute Gasteiger partial charge is 0.310 e. The predicted octanol–water partition coefficient (Wildman–Crippen LogP) is 13.8. The molecule has 7 aromatic carbocycles. The maximum atomic E-state index is 2.57. The lowest BCUT2D eigenvalue weighted by Crippen LogP contribution is -2.22. The second kappa shape index (κ2) is 11.6. The van der Waals surface area contributed by atoms with Crippen LogP contribution in [0.4, 0.5) is 17.1 Å². The van der Waals surface area contributed by atoms with E-state index in [1.807, 2.05) is 0 Å². The van der Waals surface area contributed by atoms with Crippen LogP contribution >= 0.6 is 0 Å². The summed E-state index contributed by atoms with van der Waals surface area (Å²) in [4.78, 5) is 2.57. The molecule has 0 amide bonds. The van der Waals surface area contributed by atoms with Gasteiger partial charge in [-0.15, -0.1) is 0 Å². The van der Waals surface area contributed by atoms with Crippen LogP contribution in [0.2, 0.25) is 0 Å². The molecular formula is C50H43N. The Morgan fingerprint density at radius 1 is 0.510 bits per heavy atom. The smallest absolute Gasteiger partial charge is 0.0540 e. The van der Waals surface area contributed by atoms with Crippen LogP contribution < -0.4 is 4.90 Å². The summed E-state index contributed by atoms with van der Waals surface area (Å²) >= 11 is 0. The van der Waals surface area contributed by atoms with Crippen molar-refractivity contribution in [3.63, 3.8) is 0 Å². The molecule has 248 valence electrons. The maximum absolute atomic E-state index is 2.57. The van der Waals surface area contributed by atoms with Crippen molar-refractivity contribution in [1.29, 1.82) is 0 Å². The third-order valence-corrected chi connectivity index (χ3v) is 12.7. The number of fused-ring (bicyclic) bond motifs is 6. The first kappa shape index (κ1) is 30.4. The van der Waals surface area contributed by atoms with Gasteiger partial charge in [0, 0.05) is 16.7 Å². The lowest BCUT2D eigenvalue weighted by molar-refractivity contribution is 0.419. The van der Waals surface area contributed by atoms with Crippen molar-refractivity contribution in [1.82, 2.24) is 0 Å². The molecule has 0 spiro atoms. The fraction of sp³-hybridized carbons (Fsp3) is 0.200. The van der Waals surface area contributed by atoms with E-state index < -0.39 is 0 Å². The van der Waals surface area contributed by atoms with E-state index >= 15 is 0 Å². The average molecular weight is 658 g/mol. The molecule has 1 heteroatoms. The molecule has 2 bridgehead atoms. The van der Waals surface area contributed by atoms with Crippen LogP contribution in [0.15, 0.2) is 158 Å². The van der Waals surface area contributed by atoms with Gasteiger partial charge in [0.1, 0.15) is 0 Å². The molecule has 2 saturated carbocycles. The Hall–Kier alpha value is -5.40. The summed E-state index contributed by atoms with van der Waals surface area (Å²) in [6, 6.07) is 59.1. The number of benzene rings is 7. The van der Waals surface area contributed by atoms with Crippen LogP contribution in [0.5, 0.6) is 0 Å². The second-order valence-corrected chi connectivity index (χ2v) is 15.8. The number of rotatable bonds is 6. The molecule has 0 heterocycles. The molecule has 0 radical (unpaired) electrons. The quantitative estimate of drug-likeness (QED) is 0.172. The normalized spacial score (nSPS) is 19.6. The molecule has 3 aliphatic rings. The molecule has 7 aromatic rings. The lowest BCUT2D eigenvalue weighted by atomic mass is 9.77. The number of hydrogen-bond donors (Lipinski definition) is 0. The third-order valence-electron chi connectivity index (χ3n) is 12.7. The maximum Gasteiger partial charge on any atom is 0.0540 e. The van der Waals surface area contributed by atoms with Crippen LogP contribution in [0.3, 0.4) is 0 Å². The summed E-state index contributed by atoms with van der Waals surface area (Å²) in [5.74, 6) is 0.922. The highest BCUT2D eigenvalue weighted by Crippen LogP contribution is 2.57. The Labute approximate surface area is 302 Å². The summed E-state index contributed by atoms with van der Waals surface area (Å²) in [6.07, 6.45) is 6.83. The SMILES string of the molecule is CC1(C)c2ccccc2-c2cccc(N(c3ccc(C45CCC(CC4)C5)cc3)c3ccccc3-c3cccc4cccc(-c5ccccc5)c34)c21. The Bertz CT molecular complexity index is 2420. The Balaban J connectivity index is 1.22. The molecule has 3 aliphatic carbocycles. The molecule has 2 fully saturated rings. The van der Waals surface area contributed by atoms with Crippen LogP contribution in [0.25, 0.3) is 44.2 Å². The van der Waals surface area contributed by atoms with Crippen LogP contribution in [-0.4, -0.2) is 0 Å². The van der Waals surface area contributed by atoms with Crippen LogP contribution in [0, 0.1) is 5.92 Å². The standard InChI is InChI=1S/C50H43N/c1-49(2)44-22-8-6-17-40(44)43-21-12-24-46(48(43)49)51(38-27-25-37(26-28-38)50-31-29-34(33-50)30-32-50)45-23-9-7-18-41(45)42-20-11-16-36-15-10-19-39(47(36)42)35-13-4-3-5-14-35/h3-28,34H,29-33H2,1-2H3. The minimum absolute atomic E-state index is 0.156. The molecule has 0 N–H and O–H groups in total. The number of nitrogens with zero attached hydrogens (tertiary/aromatic N) is 1. The third kappa shape index (κ3) is 4.67.